The highest BCUT2D eigenvalue weighted by molar-refractivity contribution is 5.98. The number of hydrogen-bond acceptors (Lipinski definition) is 4. The highest BCUT2D eigenvalue weighted by atomic mass is 19.4. The maximum atomic E-state index is 14.3. The van der Waals surface area contributed by atoms with Gasteiger partial charge in [-0.25, -0.2) is 8.78 Å². The summed E-state index contributed by atoms with van der Waals surface area (Å²) in [7, 11) is 0. The second-order valence-corrected chi connectivity index (χ2v) is 10.4. The molecule has 1 N–H and O–H groups in total. The summed E-state index contributed by atoms with van der Waals surface area (Å²) < 4.78 is 71.4. The highest BCUT2D eigenvalue weighted by Crippen LogP contribution is 2.39. The van der Waals surface area contributed by atoms with Crippen molar-refractivity contribution in [3.05, 3.63) is 52.9 Å². The van der Waals surface area contributed by atoms with Crippen molar-refractivity contribution in [3.63, 3.8) is 0 Å². The monoisotopic (exact) mass is 555 g/mol. The number of ketones is 1. The molecule has 0 saturated heterocycles. The lowest BCUT2D eigenvalue weighted by Crippen LogP contribution is -2.39. The molecule has 0 unspecified atom stereocenters. The fourth-order valence-electron chi connectivity index (χ4n) is 5.68. The Labute approximate surface area is 222 Å². The maximum absolute atomic E-state index is 14.3. The minimum absolute atomic E-state index is 0.00904. The zero-order valence-electron chi connectivity index (χ0n) is 21.2. The first-order valence-corrected chi connectivity index (χ1v) is 13.1. The molecule has 1 heterocycles. The SMILES string of the molecule is O=C(O)C1CCC(n2ncc(C(=O)N(CC(=O)C3CCCCC3)Cc3cc(F)cc(F)c3)c2C(F)(F)F)CC1. The van der Waals surface area contributed by atoms with E-state index in [0.29, 0.717) is 18.9 Å². The summed E-state index contributed by atoms with van der Waals surface area (Å²) in [5.74, 6) is -5.27. The Kier molecular flexibility index (Phi) is 8.70. The molecule has 12 heteroatoms. The van der Waals surface area contributed by atoms with Gasteiger partial charge in [0, 0.05) is 18.5 Å². The van der Waals surface area contributed by atoms with E-state index in [9.17, 15) is 41.4 Å². The van der Waals surface area contributed by atoms with E-state index in [1.807, 2.05) is 0 Å². The lowest BCUT2D eigenvalue weighted by atomic mass is 9.86. The number of aromatic nitrogens is 2. The molecule has 0 aliphatic heterocycles. The Bertz CT molecular complexity index is 1190. The molecule has 1 amide bonds. The van der Waals surface area contributed by atoms with E-state index < -0.39 is 66.0 Å². The second kappa shape index (κ2) is 11.8. The first-order chi connectivity index (χ1) is 18.4. The van der Waals surface area contributed by atoms with Crippen molar-refractivity contribution in [3.8, 4) is 0 Å². The zero-order valence-corrected chi connectivity index (χ0v) is 21.2. The van der Waals surface area contributed by atoms with Gasteiger partial charge < -0.3 is 10.0 Å². The van der Waals surface area contributed by atoms with Crippen molar-refractivity contribution in [2.75, 3.05) is 6.54 Å². The van der Waals surface area contributed by atoms with Gasteiger partial charge in [-0.15, -0.1) is 0 Å². The number of nitrogens with zero attached hydrogens (tertiary/aromatic N) is 3. The number of carboxylic acids is 1. The van der Waals surface area contributed by atoms with E-state index in [0.717, 1.165) is 47.2 Å². The van der Waals surface area contributed by atoms with Crippen LogP contribution in [-0.2, 0) is 22.3 Å². The maximum Gasteiger partial charge on any atom is 0.433 e. The van der Waals surface area contributed by atoms with Crippen LogP contribution in [0, 0.1) is 23.5 Å². The smallest absolute Gasteiger partial charge is 0.433 e. The lowest BCUT2D eigenvalue weighted by Gasteiger charge is -2.29. The van der Waals surface area contributed by atoms with Gasteiger partial charge in [-0.2, -0.15) is 18.3 Å². The largest absolute Gasteiger partial charge is 0.481 e. The van der Waals surface area contributed by atoms with E-state index in [1.54, 1.807) is 0 Å². The molecule has 2 saturated carbocycles. The van der Waals surface area contributed by atoms with Crippen LogP contribution in [0.3, 0.4) is 0 Å². The number of benzene rings is 1. The normalized spacial score (nSPS) is 20.5. The van der Waals surface area contributed by atoms with Crippen LogP contribution in [0.4, 0.5) is 22.0 Å². The Hall–Kier alpha value is -3.31. The predicted octanol–water partition coefficient (Wildman–Crippen LogP) is 5.79. The van der Waals surface area contributed by atoms with Crippen molar-refractivity contribution >= 4 is 17.7 Å². The molecule has 2 fully saturated rings. The molecule has 2 aliphatic rings. The van der Waals surface area contributed by atoms with Crippen molar-refractivity contribution in [1.82, 2.24) is 14.7 Å². The fraction of sp³-hybridized carbons (Fsp3) is 0.556. The fourth-order valence-corrected chi connectivity index (χ4v) is 5.68. The second-order valence-electron chi connectivity index (χ2n) is 10.4. The number of halogens is 5. The zero-order chi connectivity index (χ0) is 28.3. The van der Waals surface area contributed by atoms with Crippen LogP contribution in [0.1, 0.15) is 85.4 Å². The average Bonchev–Trinajstić information content (AvgIpc) is 3.34. The highest BCUT2D eigenvalue weighted by Gasteiger charge is 2.43. The molecule has 0 bridgehead atoms. The van der Waals surface area contributed by atoms with Gasteiger partial charge in [-0.05, 0) is 56.2 Å². The predicted molar refractivity (Wildman–Crippen MR) is 129 cm³/mol. The van der Waals surface area contributed by atoms with E-state index in [1.165, 1.54) is 0 Å². The molecular formula is C27H30F5N3O4. The molecule has 1 aromatic carbocycles. The standard InChI is InChI=1S/C27H30F5N3O4/c28-19-10-16(11-20(29)12-19)14-34(15-23(36)17-4-2-1-3-5-17)25(37)22-13-33-35(24(22)27(30,31)32)21-8-6-18(7-9-21)26(38)39/h10-13,17-18,21H,1-9,14-15H2,(H,38,39). The number of carbonyl (C=O) groups is 3. The van der Waals surface area contributed by atoms with Crippen LogP contribution in [0.5, 0.6) is 0 Å². The van der Waals surface area contributed by atoms with Crippen LogP contribution < -0.4 is 0 Å². The minimum Gasteiger partial charge on any atom is -0.481 e. The first kappa shape index (κ1) is 28.7. The third kappa shape index (κ3) is 6.83. The van der Waals surface area contributed by atoms with Gasteiger partial charge in [0.25, 0.3) is 5.91 Å². The lowest BCUT2D eigenvalue weighted by molar-refractivity contribution is -0.147. The summed E-state index contributed by atoms with van der Waals surface area (Å²) in [5.41, 5.74) is -2.06. The Morgan fingerprint density at radius 2 is 1.54 bits per heavy atom. The molecule has 4 rings (SSSR count). The summed E-state index contributed by atoms with van der Waals surface area (Å²) in [6, 6.07) is 1.80. The van der Waals surface area contributed by atoms with Gasteiger partial charge in [0.05, 0.1) is 30.3 Å². The molecule has 7 nitrogen and oxygen atoms in total. The number of amides is 1. The van der Waals surface area contributed by atoms with Gasteiger partial charge in [0.2, 0.25) is 0 Å². The van der Waals surface area contributed by atoms with E-state index >= 15 is 0 Å². The summed E-state index contributed by atoms with van der Waals surface area (Å²) >= 11 is 0. The van der Waals surface area contributed by atoms with Gasteiger partial charge >= 0.3 is 12.1 Å². The number of alkyl halides is 3. The molecular weight excluding hydrogens is 525 g/mol. The molecule has 0 spiro atoms. The minimum atomic E-state index is -4.98. The summed E-state index contributed by atoms with van der Waals surface area (Å²) in [4.78, 5) is 38.8. The molecule has 212 valence electrons. The number of rotatable bonds is 8. The molecule has 2 aliphatic carbocycles. The number of Topliss-reactive ketones (excluding diaryl/α,β-unsaturated/α-hetero) is 1. The van der Waals surface area contributed by atoms with Gasteiger partial charge in [0.15, 0.2) is 11.5 Å². The Morgan fingerprint density at radius 1 is 0.923 bits per heavy atom. The van der Waals surface area contributed by atoms with Crippen LogP contribution in [0.25, 0.3) is 0 Å². The van der Waals surface area contributed by atoms with E-state index in [2.05, 4.69) is 5.10 Å². The summed E-state index contributed by atoms with van der Waals surface area (Å²) in [6.07, 6.45) is 0.305. The van der Waals surface area contributed by atoms with Crippen molar-refractivity contribution in [2.45, 2.75) is 76.6 Å². The third-order valence-electron chi connectivity index (χ3n) is 7.68. The molecule has 39 heavy (non-hydrogen) atoms. The number of carbonyl (C=O) groups excluding carboxylic acids is 2. The van der Waals surface area contributed by atoms with Gasteiger partial charge in [-0.3, -0.25) is 19.1 Å². The molecule has 0 atom stereocenters. The summed E-state index contributed by atoms with van der Waals surface area (Å²) in [6.45, 7) is -0.980. The number of hydrogen-bond donors (Lipinski definition) is 1. The molecule has 1 aromatic heterocycles. The van der Waals surface area contributed by atoms with Crippen LogP contribution in [-0.4, -0.2) is 44.0 Å². The number of aliphatic carboxylic acids is 1. The van der Waals surface area contributed by atoms with Crippen LogP contribution in [0.15, 0.2) is 24.4 Å². The van der Waals surface area contributed by atoms with E-state index in [4.69, 9.17) is 0 Å². The van der Waals surface area contributed by atoms with Crippen molar-refractivity contribution in [1.29, 1.82) is 0 Å². The van der Waals surface area contributed by atoms with Crippen molar-refractivity contribution < 1.29 is 41.4 Å². The quantitative estimate of drug-likeness (QED) is 0.417. The van der Waals surface area contributed by atoms with Crippen molar-refractivity contribution in [2.24, 2.45) is 11.8 Å². The van der Waals surface area contributed by atoms with Gasteiger partial charge in [0.1, 0.15) is 11.6 Å². The Morgan fingerprint density at radius 3 is 2.10 bits per heavy atom. The van der Waals surface area contributed by atoms with Crippen LogP contribution >= 0.6 is 0 Å². The number of carboxylic acid groups (broad SMARTS) is 1. The topological polar surface area (TPSA) is 92.5 Å². The molecule has 2 aromatic rings. The third-order valence-corrected chi connectivity index (χ3v) is 7.68. The first-order valence-electron chi connectivity index (χ1n) is 13.1. The molecule has 0 radical (unpaired) electrons. The van der Waals surface area contributed by atoms with Gasteiger partial charge in [-0.1, -0.05) is 19.3 Å². The Balaban J connectivity index is 1.66. The average molecular weight is 556 g/mol. The van der Waals surface area contributed by atoms with E-state index in [-0.39, 0.29) is 42.9 Å². The van der Waals surface area contributed by atoms with Crippen LogP contribution in [0.2, 0.25) is 0 Å². The summed E-state index contributed by atoms with van der Waals surface area (Å²) in [5, 5.41) is 13.1.